The van der Waals surface area contributed by atoms with Crippen LogP contribution >= 0.6 is 0 Å². The Bertz CT molecular complexity index is 232. The number of hydrogen-bond donors (Lipinski definition) is 0. The van der Waals surface area contributed by atoms with E-state index in [1.807, 2.05) is 4.90 Å². The molecule has 0 aliphatic carbocycles. The third-order valence-corrected chi connectivity index (χ3v) is 3.52. The van der Waals surface area contributed by atoms with Gasteiger partial charge in [-0.15, -0.1) is 0 Å². The van der Waals surface area contributed by atoms with Gasteiger partial charge in [-0.3, -0.25) is 4.79 Å². The summed E-state index contributed by atoms with van der Waals surface area (Å²) in [6.45, 7) is 11.1. The summed E-state index contributed by atoms with van der Waals surface area (Å²) >= 11 is 0. The summed E-state index contributed by atoms with van der Waals surface area (Å²) in [5.41, 5.74) is 0.231. The van der Waals surface area contributed by atoms with Gasteiger partial charge in [0.25, 0.3) is 0 Å². The number of amides is 1. The Balaban J connectivity index is 2.78. The summed E-state index contributed by atoms with van der Waals surface area (Å²) in [5.74, 6) is 0.0917. The third-order valence-electron chi connectivity index (χ3n) is 3.52. The normalized spacial score (nSPS) is 22.5. The lowest BCUT2D eigenvalue weighted by molar-refractivity contribution is -0.128. The maximum atomic E-state index is 11.6. The zero-order chi connectivity index (χ0) is 10.8. The molecule has 14 heavy (non-hydrogen) atoms. The van der Waals surface area contributed by atoms with Crippen LogP contribution in [-0.2, 0) is 4.79 Å². The van der Waals surface area contributed by atoms with Gasteiger partial charge in [-0.25, -0.2) is 0 Å². The van der Waals surface area contributed by atoms with Crippen molar-refractivity contribution in [3.05, 3.63) is 12.7 Å². The summed E-state index contributed by atoms with van der Waals surface area (Å²) < 4.78 is 0. The molecule has 0 bridgehead atoms. The number of likely N-dealkylation sites (tertiary alicyclic amines) is 1. The van der Waals surface area contributed by atoms with Crippen LogP contribution in [0, 0.1) is 5.41 Å². The largest absolute Gasteiger partial charge is 0.336 e. The van der Waals surface area contributed by atoms with Gasteiger partial charge in [0.05, 0.1) is 0 Å². The van der Waals surface area contributed by atoms with Gasteiger partial charge in [0, 0.05) is 12.6 Å². The molecule has 0 aromatic rings. The molecule has 1 amide bonds. The monoisotopic (exact) mass is 195 g/mol. The topological polar surface area (TPSA) is 20.3 Å². The molecule has 2 heteroatoms. The molecule has 0 spiro atoms. The van der Waals surface area contributed by atoms with Gasteiger partial charge in [-0.1, -0.05) is 27.4 Å². The van der Waals surface area contributed by atoms with Gasteiger partial charge in [0.1, 0.15) is 0 Å². The van der Waals surface area contributed by atoms with E-state index in [-0.39, 0.29) is 11.3 Å². The van der Waals surface area contributed by atoms with Crippen LogP contribution in [0.15, 0.2) is 12.7 Å². The summed E-state index contributed by atoms with van der Waals surface area (Å²) in [6, 6.07) is 0.401. The molecule has 1 aliphatic rings. The molecule has 1 atom stereocenters. The Morgan fingerprint density at radius 3 is 2.79 bits per heavy atom. The van der Waals surface area contributed by atoms with Gasteiger partial charge in [-0.2, -0.15) is 0 Å². The zero-order valence-electron chi connectivity index (χ0n) is 9.55. The van der Waals surface area contributed by atoms with Gasteiger partial charge >= 0.3 is 0 Å². The number of rotatable bonds is 3. The van der Waals surface area contributed by atoms with E-state index in [0.29, 0.717) is 6.04 Å². The first-order chi connectivity index (χ1) is 6.53. The van der Waals surface area contributed by atoms with E-state index in [4.69, 9.17) is 0 Å². The van der Waals surface area contributed by atoms with Crippen molar-refractivity contribution < 1.29 is 4.79 Å². The molecular formula is C12H21NO. The molecule has 2 nitrogen and oxygen atoms in total. The maximum absolute atomic E-state index is 11.6. The van der Waals surface area contributed by atoms with Crippen molar-refractivity contribution >= 4 is 5.91 Å². The fourth-order valence-electron chi connectivity index (χ4n) is 2.20. The highest BCUT2D eigenvalue weighted by Gasteiger charge is 2.37. The van der Waals surface area contributed by atoms with Crippen molar-refractivity contribution in [2.75, 3.05) is 6.54 Å². The Morgan fingerprint density at radius 2 is 2.29 bits per heavy atom. The molecule has 1 saturated heterocycles. The number of nitrogens with zero attached hydrogens (tertiary/aromatic N) is 1. The lowest BCUT2D eigenvalue weighted by Gasteiger charge is -2.36. The molecule has 0 aromatic carbocycles. The third kappa shape index (κ3) is 1.99. The lowest BCUT2D eigenvalue weighted by atomic mass is 9.80. The molecular weight excluding hydrogens is 174 g/mol. The van der Waals surface area contributed by atoms with Gasteiger partial charge < -0.3 is 4.90 Å². The fraction of sp³-hybridized carbons (Fsp3) is 0.750. The van der Waals surface area contributed by atoms with Crippen molar-refractivity contribution in [3.63, 3.8) is 0 Å². The molecule has 0 aromatic heterocycles. The molecule has 1 aliphatic heterocycles. The lowest BCUT2D eigenvalue weighted by Crippen LogP contribution is -2.43. The average Bonchev–Trinajstić information content (AvgIpc) is 2.65. The van der Waals surface area contributed by atoms with Crippen molar-refractivity contribution in [2.24, 2.45) is 5.41 Å². The fourth-order valence-corrected chi connectivity index (χ4v) is 2.20. The van der Waals surface area contributed by atoms with Gasteiger partial charge in [0.15, 0.2) is 0 Å². The van der Waals surface area contributed by atoms with E-state index in [2.05, 4.69) is 27.4 Å². The van der Waals surface area contributed by atoms with Crippen molar-refractivity contribution in [1.29, 1.82) is 0 Å². The highest BCUT2D eigenvalue weighted by Crippen LogP contribution is 2.35. The quantitative estimate of drug-likeness (QED) is 0.634. The van der Waals surface area contributed by atoms with Crippen LogP contribution in [0.1, 0.15) is 40.0 Å². The smallest absolute Gasteiger partial charge is 0.246 e. The number of hydrogen-bond acceptors (Lipinski definition) is 1. The number of carbonyl (C=O) groups is 1. The first-order valence-corrected chi connectivity index (χ1v) is 5.46. The Morgan fingerprint density at radius 1 is 1.64 bits per heavy atom. The van der Waals surface area contributed by atoms with Crippen LogP contribution in [0.25, 0.3) is 0 Å². The Hall–Kier alpha value is -0.790. The van der Waals surface area contributed by atoms with E-state index < -0.39 is 0 Å². The summed E-state index contributed by atoms with van der Waals surface area (Å²) in [5, 5.41) is 0. The van der Waals surface area contributed by atoms with Crippen LogP contribution in [0.5, 0.6) is 0 Å². The summed E-state index contributed by atoms with van der Waals surface area (Å²) in [7, 11) is 0. The molecule has 80 valence electrons. The first-order valence-electron chi connectivity index (χ1n) is 5.46. The van der Waals surface area contributed by atoms with E-state index in [9.17, 15) is 4.79 Å². The Kier molecular flexibility index (Phi) is 3.35. The average molecular weight is 195 g/mol. The second-order valence-corrected chi connectivity index (χ2v) is 4.74. The molecule has 1 rings (SSSR count). The van der Waals surface area contributed by atoms with Gasteiger partial charge in [0.2, 0.25) is 5.91 Å². The SMILES string of the molecule is C=CC(=O)N1CCCC1C(C)(C)CC. The van der Waals surface area contributed by atoms with Crippen LogP contribution < -0.4 is 0 Å². The molecule has 1 unspecified atom stereocenters. The molecule has 0 radical (unpaired) electrons. The minimum atomic E-state index is 0.0917. The second-order valence-electron chi connectivity index (χ2n) is 4.74. The number of carbonyl (C=O) groups excluding carboxylic acids is 1. The zero-order valence-corrected chi connectivity index (χ0v) is 9.55. The van der Waals surface area contributed by atoms with Crippen LogP contribution in [0.2, 0.25) is 0 Å². The highest BCUT2D eigenvalue weighted by molar-refractivity contribution is 5.87. The minimum absolute atomic E-state index is 0.0917. The summed E-state index contributed by atoms with van der Waals surface area (Å²) in [6.07, 6.45) is 4.82. The van der Waals surface area contributed by atoms with Crippen LogP contribution in [0.4, 0.5) is 0 Å². The van der Waals surface area contributed by atoms with Gasteiger partial charge in [-0.05, 0) is 30.8 Å². The maximum Gasteiger partial charge on any atom is 0.246 e. The Labute approximate surface area is 87.0 Å². The molecule has 1 fully saturated rings. The van der Waals surface area contributed by atoms with Crippen LogP contribution in [-0.4, -0.2) is 23.4 Å². The van der Waals surface area contributed by atoms with E-state index in [1.54, 1.807) is 0 Å². The predicted molar refractivity (Wildman–Crippen MR) is 59.0 cm³/mol. The second kappa shape index (κ2) is 4.16. The van der Waals surface area contributed by atoms with Crippen molar-refractivity contribution in [2.45, 2.75) is 46.1 Å². The molecule has 1 heterocycles. The van der Waals surface area contributed by atoms with Crippen LogP contribution in [0.3, 0.4) is 0 Å². The molecule has 0 saturated carbocycles. The van der Waals surface area contributed by atoms with E-state index in [0.717, 1.165) is 25.8 Å². The standard InChI is InChI=1S/C12H21NO/c1-5-11(14)13-9-7-8-10(13)12(3,4)6-2/h5,10H,1,6-9H2,2-4H3. The van der Waals surface area contributed by atoms with E-state index in [1.165, 1.54) is 6.08 Å². The predicted octanol–water partition coefficient (Wildman–Crippen LogP) is 2.60. The summed E-state index contributed by atoms with van der Waals surface area (Å²) in [4.78, 5) is 13.6. The first kappa shape index (κ1) is 11.3. The van der Waals surface area contributed by atoms with Crippen molar-refractivity contribution in [3.8, 4) is 0 Å². The minimum Gasteiger partial charge on any atom is -0.336 e. The molecule has 0 N–H and O–H groups in total. The van der Waals surface area contributed by atoms with Crippen molar-refractivity contribution in [1.82, 2.24) is 4.90 Å². The van der Waals surface area contributed by atoms with E-state index >= 15 is 0 Å². The highest BCUT2D eigenvalue weighted by atomic mass is 16.2.